The van der Waals surface area contributed by atoms with Crippen molar-refractivity contribution in [3.8, 4) is 0 Å². The van der Waals surface area contributed by atoms with Crippen LogP contribution in [0.1, 0.15) is 37.8 Å². The number of amides is 1. The van der Waals surface area contributed by atoms with Crippen molar-refractivity contribution in [1.29, 1.82) is 0 Å². The standard InChI is InChI=1S/C14H20N2OS/c1-2-5-11(15)14(17)16-12-8-9-18-13-7-4-3-6-10(12)13/h3-4,6-7,11-12H,2,5,8-9,15H2,1H3,(H,16,17)/t11-,12+/m1/s1. The summed E-state index contributed by atoms with van der Waals surface area (Å²) in [5, 5.41) is 3.08. The zero-order chi connectivity index (χ0) is 13.0. The third kappa shape index (κ3) is 3.06. The lowest BCUT2D eigenvalue weighted by Gasteiger charge is -2.27. The van der Waals surface area contributed by atoms with E-state index in [0.29, 0.717) is 0 Å². The van der Waals surface area contributed by atoms with E-state index in [0.717, 1.165) is 25.0 Å². The first kappa shape index (κ1) is 13.4. The van der Waals surface area contributed by atoms with Crippen LogP contribution in [0.3, 0.4) is 0 Å². The zero-order valence-corrected chi connectivity index (χ0v) is 11.5. The van der Waals surface area contributed by atoms with Crippen LogP contribution in [0.25, 0.3) is 0 Å². The van der Waals surface area contributed by atoms with Crippen molar-refractivity contribution in [2.45, 2.75) is 43.2 Å². The molecular formula is C14H20N2OS. The minimum Gasteiger partial charge on any atom is -0.348 e. The Morgan fingerprint density at radius 3 is 3.11 bits per heavy atom. The third-order valence-corrected chi connectivity index (χ3v) is 4.33. The Labute approximate surface area is 113 Å². The molecule has 0 fully saturated rings. The largest absolute Gasteiger partial charge is 0.348 e. The van der Waals surface area contributed by atoms with E-state index >= 15 is 0 Å². The molecule has 98 valence electrons. The summed E-state index contributed by atoms with van der Waals surface area (Å²) in [6, 6.07) is 8.02. The van der Waals surface area contributed by atoms with Gasteiger partial charge in [-0.15, -0.1) is 11.8 Å². The van der Waals surface area contributed by atoms with Gasteiger partial charge in [0.25, 0.3) is 0 Å². The number of hydrogen-bond acceptors (Lipinski definition) is 3. The van der Waals surface area contributed by atoms with Gasteiger partial charge in [0.2, 0.25) is 5.91 Å². The highest BCUT2D eigenvalue weighted by Crippen LogP contribution is 2.35. The summed E-state index contributed by atoms with van der Waals surface area (Å²) in [6.45, 7) is 2.04. The average molecular weight is 264 g/mol. The first-order chi connectivity index (χ1) is 8.72. The lowest BCUT2D eigenvalue weighted by atomic mass is 10.0. The molecule has 3 nitrogen and oxygen atoms in total. The molecule has 1 aliphatic rings. The predicted molar refractivity (Wildman–Crippen MR) is 75.6 cm³/mol. The van der Waals surface area contributed by atoms with Crippen molar-refractivity contribution in [2.24, 2.45) is 5.73 Å². The Kier molecular flexibility index (Phi) is 4.66. The lowest BCUT2D eigenvalue weighted by Crippen LogP contribution is -2.42. The quantitative estimate of drug-likeness (QED) is 0.878. The maximum absolute atomic E-state index is 12.0. The van der Waals surface area contributed by atoms with Crippen LogP contribution >= 0.6 is 11.8 Å². The number of rotatable bonds is 4. The SMILES string of the molecule is CCC[C@@H](N)C(=O)N[C@H]1CCSc2ccccc21. The van der Waals surface area contributed by atoms with Gasteiger partial charge in [-0.3, -0.25) is 4.79 Å². The summed E-state index contributed by atoms with van der Waals surface area (Å²) in [7, 11) is 0. The molecule has 1 amide bonds. The summed E-state index contributed by atoms with van der Waals surface area (Å²) >= 11 is 1.86. The van der Waals surface area contributed by atoms with Crippen LogP contribution < -0.4 is 11.1 Å². The smallest absolute Gasteiger partial charge is 0.237 e. The molecule has 0 unspecified atom stereocenters. The number of carbonyl (C=O) groups is 1. The van der Waals surface area contributed by atoms with Crippen LogP contribution in [0.4, 0.5) is 0 Å². The molecule has 0 aliphatic carbocycles. The van der Waals surface area contributed by atoms with Crippen molar-refractivity contribution in [3.05, 3.63) is 29.8 Å². The van der Waals surface area contributed by atoms with Crippen LogP contribution in [0.5, 0.6) is 0 Å². The summed E-state index contributed by atoms with van der Waals surface area (Å²) in [6.07, 6.45) is 2.66. The second-order valence-electron chi connectivity index (χ2n) is 4.63. The summed E-state index contributed by atoms with van der Waals surface area (Å²) < 4.78 is 0. The summed E-state index contributed by atoms with van der Waals surface area (Å²) in [5.74, 6) is 1.02. The fourth-order valence-electron chi connectivity index (χ4n) is 2.21. The van der Waals surface area contributed by atoms with Crippen LogP contribution in [0.15, 0.2) is 29.2 Å². The number of fused-ring (bicyclic) bond motifs is 1. The van der Waals surface area contributed by atoms with Gasteiger partial charge in [0.05, 0.1) is 12.1 Å². The molecule has 0 saturated heterocycles. The van der Waals surface area contributed by atoms with E-state index < -0.39 is 0 Å². The average Bonchev–Trinajstić information content (AvgIpc) is 2.39. The molecular weight excluding hydrogens is 244 g/mol. The highest BCUT2D eigenvalue weighted by atomic mass is 32.2. The molecule has 1 aromatic rings. The summed E-state index contributed by atoms with van der Waals surface area (Å²) in [5.41, 5.74) is 7.08. The van der Waals surface area contributed by atoms with Gasteiger partial charge in [0.15, 0.2) is 0 Å². The number of nitrogens with two attached hydrogens (primary N) is 1. The zero-order valence-electron chi connectivity index (χ0n) is 10.7. The molecule has 4 heteroatoms. The minimum absolute atomic E-state index is 0.0245. The molecule has 0 aromatic heterocycles. The topological polar surface area (TPSA) is 55.1 Å². The molecule has 2 atom stereocenters. The van der Waals surface area contributed by atoms with E-state index in [1.165, 1.54) is 10.5 Å². The second kappa shape index (κ2) is 6.25. The van der Waals surface area contributed by atoms with Gasteiger partial charge in [-0.1, -0.05) is 31.5 Å². The predicted octanol–water partition coefficient (Wildman–Crippen LogP) is 2.47. The molecule has 0 spiro atoms. The van der Waals surface area contributed by atoms with Gasteiger partial charge < -0.3 is 11.1 Å². The molecule has 0 radical (unpaired) electrons. The fraction of sp³-hybridized carbons (Fsp3) is 0.500. The molecule has 1 aliphatic heterocycles. The molecule has 2 rings (SSSR count). The molecule has 3 N–H and O–H groups in total. The molecule has 1 aromatic carbocycles. The molecule has 18 heavy (non-hydrogen) atoms. The Morgan fingerprint density at radius 2 is 2.33 bits per heavy atom. The van der Waals surface area contributed by atoms with Gasteiger partial charge in [-0.2, -0.15) is 0 Å². The highest BCUT2D eigenvalue weighted by molar-refractivity contribution is 7.99. The van der Waals surface area contributed by atoms with Crippen LogP contribution in [-0.4, -0.2) is 17.7 Å². The van der Waals surface area contributed by atoms with Crippen LogP contribution in [0, 0.1) is 0 Å². The van der Waals surface area contributed by atoms with Crippen LogP contribution in [0.2, 0.25) is 0 Å². The number of carbonyl (C=O) groups excluding carboxylic acids is 1. The fourth-order valence-corrected chi connectivity index (χ4v) is 3.34. The Balaban J connectivity index is 2.05. The van der Waals surface area contributed by atoms with Crippen molar-refractivity contribution >= 4 is 17.7 Å². The molecule has 0 saturated carbocycles. The van der Waals surface area contributed by atoms with Crippen molar-refractivity contribution in [1.82, 2.24) is 5.32 Å². The number of benzene rings is 1. The number of thioether (sulfide) groups is 1. The van der Waals surface area contributed by atoms with Gasteiger partial charge in [-0.25, -0.2) is 0 Å². The first-order valence-electron chi connectivity index (χ1n) is 6.50. The van der Waals surface area contributed by atoms with Gasteiger partial charge in [0.1, 0.15) is 0 Å². The monoisotopic (exact) mass is 264 g/mol. The van der Waals surface area contributed by atoms with E-state index in [-0.39, 0.29) is 18.0 Å². The van der Waals surface area contributed by atoms with E-state index in [2.05, 4.69) is 17.4 Å². The van der Waals surface area contributed by atoms with Crippen molar-refractivity contribution in [2.75, 3.05) is 5.75 Å². The first-order valence-corrected chi connectivity index (χ1v) is 7.48. The molecule has 1 heterocycles. The van der Waals surface area contributed by atoms with Gasteiger partial charge in [-0.05, 0) is 24.5 Å². The van der Waals surface area contributed by atoms with E-state index in [9.17, 15) is 4.79 Å². The maximum Gasteiger partial charge on any atom is 0.237 e. The van der Waals surface area contributed by atoms with Gasteiger partial charge in [0, 0.05) is 10.6 Å². The Bertz CT molecular complexity index is 422. The lowest BCUT2D eigenvalue weighted by molar-refractivity contribution is -0.123. The van der Waals surface area contributed by atoms with E-state index in [1.54, 1.807) is 0 Å². The Morgan fingerprint density at radius 1 is 1.56 bits per heavy atom. The van der Waals surface area contributed by atoms with Crippen LogP contribution in [-0.2, 0) is 4.79 Å². The summed E-state index contributed by atoms with van der Waals surface area (Å²) in [4.78, 5) is 13.2. The second-order valence-corrected chi connectivity index (χ2v) is 5.77. The highest BCUT2D eigenvalue weighted by Gasteiger charge is 2.23. The Hall–Kier alpha value is -1.00. The third-order valence-electron chi connectivity index (χ3n) is 3.21. The van der Waals surface area contributed by atoms with E-state index in [4.69, 9.17) is 5.73 Å². The van der Waals surface area contributed by atoms with E-state index in [1.807, 2.05) is 30.8 Å². The van der Waals surface area contributed by atoms with Crippen molar-refractivity contribution < 1.29 is 4.79 Å². The number of hydrogen-bond donors (Lipinski definition) is 2. The normalized spacial score (nSPS) is 20.0. The molecule has 0 bridgehead atoms. The maximum atomic E-state index is 12.0. The minimum atomic E-state index is -0.378. The number of nitrogens with one attached hydrogen (secondary N) is 1. The van der Waals surface area contributed by atoms with Crippen molar-refractivity contribution in [3.63, 3.8) is 0 Å². The van der Waals surface area contributed by atoms with Gasteiger partial charge >= 0.3 is 0 Å².